The minimum Gasteiger partial charge on any atom is -0.378 e. The third-order valence-electron chi connectivity index (χ3n) is 5.96. The van der Waals surface area contributed by atoms with Gasteiger partial charge in [-0.25, -0.2) is 24.7 Å². The molecule has 0 spiro atoms. The molecule has 4 aromatic rings. The second kappa shape index (κ2) is 7.72. The quantitative estimate of drug-likeness (QED) is 0.502. The van der Waals surface area contributed by atoms with Crippen molar-refractivity contribution < 1.29 is 4.74 Å². The van der Waals surface area contributed by atoms with Crippen LogP contribution in [0.2, 0.25) is 0 Å². The summed E-state index contributed by atoms with van der Waals surface area (Å²) in [7, 11) is 0. The summed E-state index contributed by atoms with van der Waals surface area (Å²) in [6.45, 7) is 4.42. The Bertz CT molecular complexity index is 1330. The molecule has 2 aliphatic rings. The Kier molecular flexibility index (Phi) is 4.57. The SMILES string of the molecule is O=c1[nH]c2ccc(-c3nc4c(c(N5CCOCC5)n3)CCN(c3ncccn3)C4)cc2[nH]1. The molecule has 10 heteroatoms. The van der Waals surface area contributed by atoms with E-state index in [9.17, 15) is 4.79 Å². The van der Waals surface area contributed by atoms with Crippen molar-refractivity contribution in [3.63, 3.8) is 0 Å². The Hall–Kier alpha value is -3.79. The number of hydrogen-bond acceptors (Lipinski definition) is 8. The number of nitrogens with one attached hydrogen (secondary N) is 2. The van der Waals surface area contributed by atoms with Crippen LogP contribution in [-0.4, -0.2) is 62.8 Å². The van der Waals surface area contributed by atoms with Gasteiger partial charge in [-0.1, -0.05) is 0 Å². The summed E-state index contributed by atoms with van der Waals surface area (Å²) in [5, 5.41) is 0. The van der Waals surface area contributed by atoms with Gasteiger partial charge in [-0.3, -0.25) is 0 Å². The van der Waals surface area contributed by atoms with E-state index in [4.69, 9.17) is 14.7 Å². The van der Waals surface area contributed by atoms with Crippen LogP contribution in [0.3, 0.4) is 0 Å². The van der Waals surface area contributed by atoms with Gasteiger partial charge in [0, 0.05) is 43.2 Å². The van der Waals surface area contributed by atoms with E-state index < -0.39 is 0 Å². The van der Waals surface area contributed by atoms with Gasteiger partial charge in [0.05, 0.1) is 36.5 Å². The fraction of sp³-hybridized carbons (Fsp3) is 0.318. The molecule has 5 heterocycles. The summed E-state index contributed by atoms with van der Waals surface area (Å²) < 4.78 is 5.56. The van der Waals surface area contributed by atoms with Gasteiger partial charge in [-0.05, 0) is 30.7 Å². The van der Waals surface area contributed by atoms with Crippen molar-refractivity contribution in [2.45, 2.75) is 13.0 Å². The molecule has 0 bridgehead atoms. The molecule has 6 rings (SSSR count). The first-order chi connectivity index (χ1) is 15.7. The predicted molar refractivity (Wildman–Crippen MR) is 120 cm³/mol. The van der Waals surface area contributed by atoms with Crippen LogP contribution in [0.5, 0.6) is 0 Å². The molecule has 1 aromatic carbocycles. The van der Waals surface area contributed by atoms with E-state index in [-0.39, 0.29) is 5.69 Å². The van der Waals surface area contributed by atoms with Gasteiger partial charge >= 0.3 is 5.69 Å². The van der Waals surface area contributed by atoms with E-state index in [0.717, 1.165) is 54.2 Å². The van der Waals surface area contributed by atoms with Crippen LogP contribution in [0, 0.1) is 0 Å². The zero-order valence-electron chi connectivity index (χ0n) is 17.4. The third kappa shape index (κ3) is 3.38. The molecule has 0 saturated carbocycles. The van der Waals surface area contributed by atoms with E-state index in [1.54, 1.807) is 12.4 Å². The molecule has 1 saturated heterocycles. The number of anilines is 2. The van der Waals surface area contributed by atoms with Crippen molar-refractivity contribution in [2.75, 3.05) is 42.6 Å². The Balaban J connectivity index is 1.45. The Morgan fingerprint density at radius 2 is 1.75 bits per heavy atom. The number of aromatic nitrogens is 6. The molecule has 1 fully saturated rings. The topological polar surface area (TPSA) is 116 Å². The molecule has 2 N–H and O–H groups in total. The normalized spacial score (nSPS) is 16.4. The summed E-state index contributed by atoms with van der Waals surface area (Å²) in [6.07, 6.45) is 4.34. The number of ether oxygens (including phenoxy) is 1. The number of benzene rings is 1. The number of nitrogens with zero attached hydrogens (tertiary/aromatic N) is 6. The number of fused-ring (bicyclic) bond motifs is 2. The highest BCUT2D eigenvalue weighted by Crippen LogP contribution is 2.31. The minimum atomic E-state index is -0.226. The van der Waals surface area contributed by atoms with Crippen LogP contribution in [0.15, 0.2) is 41.5 Å². The lowest BCUT2D eigenvalue weighted by molar-refractivity contribution is 0.122. The molecule has 32 heavy (non-hydrogen) atoms. The standard InChI is InChI=1S/C22H22N8O2/c31-22-26-16-3-2-14(12-17(16)27-22)19-25-18-13-30(21-23-5-1-6-24-21)7-4-15(18)20(28-19)29-8-10-32-11-9-29/h1-3,5-6,12H,4,7-11,13H2,(H2,26,27,31). The predicted octanol–water partition coefficient (Wildman–Crippen LogP) is 1.50. The molecular formula is C22H22N8O2. The van der Waals surface area contributed by atoms with Crippen molar-refractivity contribution in [1.82, 2.24) is 29.9 Å². The zero-order valence-corrected chi connectivity index (χ0v) is 17.4. The van der Waals surface area contributed by atoms with Crippen molar-refractivity contribution >= 4 is 22.8 Å². The number of aromatic amines is 2. The first kappa shape index (κ1) is 18.9. The average molecular weight is 430 g/mol. The number of H-pyrrole nitrogens is 2. The van der Waals surface area contributed by atoms with Crippen molar-refractivity contribution in [1.29, 1.82) is 0 Å². The summed E-state index contributed by atoms with van der Waals surface area (Å²) in [5.41, 5.74) is 4.30. The van der Waals surface area contributed by atoms with E-state index in [2.05, 4.69) is 29.7 Å². The minimum absolute atomic E-state index is 0.226. The second-order valence-electron chi connectivity index (χ2n) is 7.96. The van der Waals surface area contributed by atoms with Crippen LogP contribution in [0.1, 0.15) is 11.3 Å². The molecule has 3 aromatic heterocycles. The summed E-state index contributed by atoms with van der Waals surface area (Å²) in [6, 6.07) is 7.56. The van der Waals surface area contributed by atoms with Crippen molar-refractivity contribution in [2.24, 2.45) is 0 Å². The van der Waals surface area contributed by atoms with E-state index in [1.807, 2.05) is 24.3 Å². The number of imidazole rings is 1. The monoisotopic (exact) mass is 430 g/mol. The number of hydrogen-bond donors (Lipinski definition) is 2. The van der Waals surface area contributed by atoms with Crippen LogP contribution in [-0.2, 0) is 17.7 Å². The molecule has 0 atom stereocenters. The van der Waals surface area contributed by atoms with E-state index in [0.29, 0.717) is 31.5 Å². The molecule has 2 aliphatic heterocycles. The molecule has 0 amide bonds. The molecular weight excluding hydrogens is 408 g/mol. The largest absolute Gasteiger partial charge is 0.378 e. The van der Waals surface area contributed by atoms with Crippen LogP contribution in [0.4, 0.5) is 11.8 Å². The fourth-order valence-corrected chi connectivity index (χ4v) is 4.37. The van der Waals surface area contributed by atoms with Crippen LogP contribution >= 0.6 is 0 Å². The molecule has 162 valence electrons. The van der Waals surface area contributed by atoms with Gasteiger partial charge in [0.25, 0.3) is 0 Å². The molecule has 0 unspecified atom stereocenters. The number of rotatable bonds is 3. The maximum Gasteiger partial charge on any atom is 0.323 e. The summed E-state index contributed by atoms with van der Waals surface area (Å²) in [4.78, 5) is 40.5. The molecule has 10 nitrogen and oxygen atoms in total. The second-order valence-corrected chi connectivity index (χ2v) is 7.96. The van der Waals surface area contributed by atoms with Crippen LogP contribution in [0.25, 0.3) is 22.4 Å². The van der Waals surface area contributed by atoms with E-state index >= 15 is 0 Å². The van der Waals surface area contributed by atoms with E-state index in [1.165, 1.54) is 5.56 Å². The van der Waals surface area contributed by atoms with Crippen LogP contribution < -0.4 is 15.5 Å². The lowest BCUT2D eigenvalue weighted by atomic mass is 10.0. The Labute approximate surface area is 183 Å². The first-order valence-corrected chi connectivity index (χ1v) is 10.7. The van der Waals surface area contributed by atoms with Crippen molar-refractivity contribution in [3.8, 4) is 11.4 Å². The highest BCUT2D eigenvalue weighted by Gasteiger charge is 2.27. The third-order valence-corrected chi connectivity index (χ3v) is 5.96. The average Bonchev–Trinajstić information content (AvgIpc) is 3.23. The smallest absolute Gasteiger partial charge is 0.323 e. The van der Waals surface area contributed by atoms with Gasteiger partial charge in [0.15, 0.2) is 5.82 Å². The van der Waals surface area contributed by atoms with Gasteiger partial charge < -0.3 is 24.5 Å². The Morgan fingerprint density at radius 3 is 2.59 bits per heavy atom. The van der Waals surface area contributed by atoms with Gasteiger partial charge in [-0.2, -0.15) is 0 Å². The highest BCUT2D eigenvalue weighted by molar-refractivity contribution is 5.80. The fourth-order valence-electron chi connectivity index (χ4n) is 4.37. The first-order valence-electron chi connectivity index (χ1n) is 10.7. The lowest BCUT2D eigenvalue weighted by Gasteiger charge is -2.34. The van der Waals surface area contributed by atoms with Crippen molar-refractivity contribution in [3.05, 3.63) is 58.4 Å². The number of morpholine rings is 1. The highest BCUT2D eigenvalue weighted by atomic mass is 16.5. The summed E-state index contributed by atoms with van der Waals surface area (Å²) >= 11 is 0. The molecule has 0 aliphatic carbocycles. The van der Waals surface area contributed by atoms with Gasteiger partial charge in [-0.15, -0.1) is 0 Å². The van der Waals surface area contributed by atoms with Gasteiger partial charge in [0.2, 0.25) is 5.95 Å². The lowest BCUT2D eigenvalue weighted by Crippen LogP contribution is -2.39. The molecule has 0 radical (unpaired) electrons. The maximum absolute atomic E-state index is 11.7. The maximum atomic E-state index is 11.7. The zero-order chi connectivity index (χ0) is 21.5. The summed E-state index contributed by atoms with van der Waals surface area (Å²) in [5.74, 6) is 2.33. The Morgan fingerprint density at radius 1 is 0.938 bits per heavy atom. The van der Waals surface area contributed by atoms with Gasteiger partial charge in [0.1, 0.15) is 5.82 Å².